The molecule has 1 aromatic rings. The molecule has 10 heteroatoms. The van der Waals surface area contributed by atoms with Crippen molar-refractivity contribution in [2.24, 2.45) is 5.16 Å². The number of hydrogen-bond donors (Lipinski definition) is 1. The fraction of sp³-hybridized carbons (Fsp3) is 0.308. The van der Waals surface area contributed by atoms with Gasteiger partial charge >= 0.3 is 12.2 Å². The monoisotopic (exact) mass is 359 g/mol. The molecular weight excluding hydrogens is 342 g/mol. The second-order valence-electron chi connectivity index (χ2n) is 4.26. The summed E-state index contributed by atoms with van der Waals surface area (Å²) in [6.45, 7) is 1.53. The lowest BCUT2D eigenvalue weighted by molar-refractivity contribution is 0.119. The summed E-state index contributed by atoms with van der Waals surface area (Å²) in [5, 5.41) is 3.54. The number of thiol groups is 1. The Kier molecular flexibility index (Phi) is 7.72. The quantitative estimate of drug-likeness (QED) is 0.217. The van der Waals surface area contributed by atoms with E-state index in [1.54, 1.807) is 24.3 Å². The molecule has 0 aliphatic heterocycles. The molecule has 0 heterocycles. The van der Waals surface area contributed by atoms with E-state index in [4.69, 9.17) is 4.74 Å². The predicted octanol–water partition coefficient (Wildman–Crippen LogP) is 2.17. The van der Waals surface area contributed by atoms with Crippen molar-refractivity contribution in [3.05, 3.63) is 35.9 Å². The molecule has 0 bridgehead atoms. The highest BCUT2D eigenvalue weighted by atomic mass is 32.2. The highest BCUT2D eigenvalue weighted by molar-refractivity contribution is 7.96. The predicted molar refractivity (Wildman–Crippen MR) is 88.9 cm³/mol. The van der Waals surface area contributed by atoms with Gasteiger partial charge in [0.05, 0.1) is 14.1 Å². The standard InChI is InChI=1S/C13H17N3O5S2/c1-10(22)14-21-13(18)16(3)23(19)15(2)12(17)20-9-11-7-5-4-6-8-11/h4-8H,9H2,1-3H3,(H,14,22). The zero-order valence-corrected chi connectivity index (χ0v) is 14.5. The first kappa shape index (κ1) is 19.1. The number of amides is 2. The van der Waals surface area contributed by atoms with E-state index < -0.39 is 23.7 Å². The van der Waals surface area contributed by atoms with Gasteiger partial charge in [0, 0.05) is 0 Å². The van der Waals surface area contributed by atoms with Crippen molar-refractivity contribution >= 4 is 41.4 Å². The molecule has 23 heavy (non-hydrogen) atoms. The molecule has 0 aliphatic carbocycles. The third-order valence-electron chi connectivity index (χ3n) is 2.44. The number of benzene rings is 1. The van der Waals surface area contributed by atoms with Crippen LogP contribution in [-0.4, -0.2) is 44.5 Å². The first-order valence-corrected chi connectivity index (χ1v) is 7.88. The molecule has 0 saturated carbocycles. The minimum Gasteiger partial charge on any atom is -0.568 e. The average molecular weight is 359 g/mol. The van der Waals surface area contributed by atoms with E-state index in [1.807, 2.05) is 6.07 Å². The average Bonchev–Trinajstić information content (AvgIpc) is 2.56. The van der Waals surface area contributed by atoms with E-state index in [0.29, 0.717) is 4.31 Å². The molecule has 0 aliphatic rings. The molecule has 8 nitrogen and oxygen atoms in total. The van der Waals surface area contributed by atoms with Crippen LogP contribution in [0.15, 0.2) is 35.5 Å². The first-order chi connectivity index (χ1) is 10.8. The van der Waals surface area contributed by atoms with Crippen molar-refractivity contribution in [1.29, 1.82) is 0 Å². The van der Waals surface area contributed by atoms with Gasteiger partial charge < -0.3 is 9.29 Å². The van der Waals surface area contributed by atoms with Gasteiger partial charge in [-0.15, -0.1) is 21.2 Å². The summed E-state index contributed by atoms with van der Waals surface area (Å²) >= 11 is 1.70. The molecule has 1 rings (SSSR count). The first-order valence-electron chi connectivity index (χ1n) is 6.37. The Balaban J connectivity index is 2.53. The van der Waals surface area contributed by atoms with Crippen molar-refractivity contribution in [3.63, 3.8) is 0 Å². The third kappa shape index (κ3) is 6.38. The van der Waals surface area contributed by atoms with Crippen molar-refractivity contribution in [1.82, 2.24) is 8.61 Å². The largest absolute Gasteiger partial charge is 0.568 e. The Morgan fingerprint density at radius 3 is 2.35 bits per heavy atom. The summed E-state index contributed by atoms with van der Waals surface area (Å²) in [7, 11) is 2.43. The number of hydrogen-bond acceptors (Lipinski definition) is 6. The van der Waals surface area contributed by atoms with E-state index in [0.717, 1.165) is 9.87 Å². The lowest BCUT2D eigenvalue weighted by Crippen LogP contribution is -2.45. The third-order valence-corrected chi connectivity index (χ3v) is 3.76. The lowest BCUT2D eigenvalue weighted by atomic mass is 10.2. The van der Waals surface area contributed by atoms with E-state index in [9.17, 15) is 14.1 Å². The molecule has 0 aromatic heterocycles. The van der Waals surface area contributed by atoms with Crippen molar-refractivity contribution < 1.29 is 23.7 Å². The molecular formula is C13H17N3O5S2. The second kappa shape index (κ2) is 9.28. The van der Waals surface area contributed by atoms with Crippen LogP contribution in [0.4, 0.5) is 9.59 Å². The van der Waals surface area contributed by atoms with Crippen LogP contribution in [0.5, 0.6) is 0 Å². The number of carbonyl (C=O) groups excluding carboxylic acids is 2. The summed E-state index contributed by atoms with van der Waals surface area (Å²) in [5.74, 6) is 0. The van der Waals surface area contributed by atoms with Crippen LogP contribution in [0.25, 0.3) is 0 Å². The van der Waals surface area contributed by atoms with Gasteiger partial charge in [-0.2, -0.15) is 0 Å². The minimum atomic E-state index is -2.12. The highest BCUT2D eigenvalue weighted by Gasteiger charge is 2.33. The number of carbonyl (C=O) groups is 2. The maximum Gasteiger partial charge on any atom is 0.479 e. The SMILES string of the molecule is CC(S)=NOC(=O)N(C)[S+]([O-])N(C)C(=O)OCc1ccccc1. The van der Waals surface area contributed by atoms with Crippen LogP contribution in [-0.2, 0) is 27.7 Å². The number of rotatable bonds is 5. The van der Waals surface area contributed by atoms with Crippen molar-refractivity contribution in [3.8, 4) is 0 Å². The van der Waals surface area contributed by atoms with E-state index in [2.05, 4.69) is 22.6 Å². The van der Waals surface area contributed by atoms with E-state index in [-0.39, 0.29) is 11.7 Å². The molecule has 0 radical (unpaired) electrons. The Labute approximate surface area is 142 Å². The maximum atomic E-state index is 12.1. The van der Waals surface area contributed by atoms with Gasteiger partial charge in [0.15, 0.2) is 0 Å². The van der Waals surface area contributed by atoms with Gasteiger partial charge in [0.1, 0.15) is 11.7 Å². The van der Waals surface area contributed by atoms with Gasteiger partial charge in [-0.25, -0.2) is 9.59 Å². The second-order valence-corrected chi connectivity index (χ2v) is 6.47. The fourth-order valence-corrected chi connectivity index (χ4v) is 2.03. The molecule has 2 amide bonds. The van der Waals surface area contributed by atoms with Gasteiger partial charge in [-0.3, -0.25) is 4.84 Å². The Morgan fingerprint density at radius 2 is 1.78 bits per heavy atom. The van der Waals surface area contributed by atoms with Crippen LogP contribution >= 0.6 is 12.6 Å². The van der Waals surface area contributed by atoms with Crippen LogP contribution in [0, 0.1) is 0 Å². The van der Waals surface area contributed by atoms with Crippen LogP contribution in [0.1, 0.15) is 12.5 Å². The van der Waals surface area contributed by atoms with E-state index >= 15 is 0 Å². The van der Waals surface area contributed by atoms with Crippen molar-refractivity contribution in [2.45, 2.75) is 13.5 Å². The molecule has 0 fully saturated rings. The zero-order valence-electron chi connectivity index (χ0n) is 12.8. The topological polar surface area (TPSA) is 94.5 Å². The van der Waals surface area contributed by atoms with Gasteiger partial charge in [0.25, 0.3) is 0 Å². The summed E-state index contributed by atoms with van der Waals surface area (Å²) in [6.07, 6.45) is -1.85. The Hall–Kier alpha value is -1.91. The lowest BCUT2D eigenvalue weighted by Gasteiger charge is -2.23. The van der Waals surface area contributed by atoms with Gasteiger partial charge in [0.2, 0.25) is 11.5 Å². The molecule has 0 N–H and O–H groups in total. The van der Waals surface area contributed by atoms with Crippen LogP contribution in [0.3, 0.4) is 0 Å². The smallest absolute Gasteiger partial charge is 0.479 e. The van der Waals surface area contributed by atoms with Crippen LogP contribution in [0.2, 0.25) is 0 Å². The number of oxime groups is 1. The Morgan fingerprint density at radius 1 is 1.22 bits per heavy atom. The van der Waals surface area contributed by atoms with Crippen LogP contribution < -0.4 is 0 Å². The molecule has 1 unspecified atom stereocenters. The molecule has 1 aromatic carbocycles. The summed E-state index contributed by atoms with van der Waals surface area (Å²) < 4.78 is 18.6. The zero-order chi connectivity index (χ0) is 17.4. The maximum absolute atomic E-state index is 12.1. The van der Waals surface area contributed by atoms with E-state index in [1.165, 1.54) is 21.0 Å². The molecule has 1 atom stereocenters. The molecule has 0 spiro atoms. The summed E-state index contributed by atoms with van der Waals surface area (Å²) in [6, 6.07) is 9.01. The number of nitrogens with zero attached hydrogens (tertiary/aromatic N) is 3. The summed E-state index contributed by atoms with van der Waals surface area (Å²) in [5.41, 5.74) is 0.784. The number of ether oxygens (including phenoxy) is 1. The Bertz CT molecular complexity index is 566. The minimum absolute atomic E-state index is 0.0263. The van der Waals surface area contributed by atoms with Crippen molar-refractivity contribution in [2.75, 3.05) is 14.1 Å². The molecule has 0 saturated heterocycles. The summed E-state index contributed by atoms with van der Waals surface area (Å²) in [4.78, 5) is 27.9. The molecule has 126 valence electrons. The highest BCUT2D eigenvalue weighted by Crippen LogP contribution is 2.10. The van der Waals surface area contributed by atoms with Gasteiger partial charge in [-0.05, 0) is 12.5 Å². The van der Waals surface area contributed by atoms with Gasteiger partial charge in [-0.1, -0.05) is 35.5 Å². The fourth-order valence-electron chi connectivity index (χ4n) is 1.28. The normalized spacial score (nSPS) is 12.3.